The Morgan fingerprint density at radius 3 is 2.61 bits per heavy atom. The van der Waals surface area contributed by atoms with Crippen molar-refractivity contribution in [3.63, 3.8) is 0 Å². The number of rotatable bonds is 3. The normalized spacial score (nSPS) is 10.7. The summed E-state index contributed by atoms with van der Waals surface area (Å²) in [4.78, 5) is 18.2. The Labute approximate surface area is 108 Å². The maximum absolute atomic E-state index is 10.7. The molecule has 0 bridgehead atoms. The van der Waals surface area contributed by atoms with E-state index in [9.17, 15) is 10.1 Å². The van der Waals surface area contributed by atoms with E-state index in [1.54, 1.807) is 30.6 Å². The first-order chi connectivity index (χ1) is 8.66. The second-order valence-corrected chi connectivity index (χ2v) is 3.81. The Morgan fingerprint density at radius 2 is 1.94 bits per heavy atom. The molecule has 0 saturated carbocycles. The quantitative estimate of drug-likeness (QED) is 0.628. The topological polar surface area (TPSA) is 68.9 Å². The molecule has 0 fully saturated rings. The SMILES string of the molecule is O=[N+]([O-])c1ccc(Cl)c(/C=C/c2ncccn2)c1. The Kier molecular flexibility index (Phi) is 3.64. The Balaban J connectivity index is 2.31. The number of hydrogen-bond acceptors (Lipinski definition) is 4. The molecule has 0 N–H and O–H groups in total. The summed E-state index contributed by atoms with van der Waals surface area (Å²) in [5.41, 5.74) is 0.548. The third kappa shape index (κ3) is 2.89. The highest BCUT2D eigenvalue weighted by molar-refractivity contribution is 6.32. The molecule has 0 unspecified atom stereocenters. The van der Waals surface area contributed by atoms with Crippen LogP contribution in [0.15, 0.2) is 36.7 Å². The van der Waals surface area contributed by atoms with Gasteiger partial charge in [0.1, 0.15) is 0 Å². The number of nitrogens with zero attached hydrogens (tertiary/aromatic N) is 3. The molecule has 90 valence electrons. The van der Waals surface area contributed by atoms with Crippen LogP contribution in [0.1, 0.15) is 11.4 Å². The van der Waals surface area contributed by atoms with Gasteiger partial charge in [-0.3, -0.25) is 10.1 Å². The van der Waals surface area contributed by atoms with Crippen LogP contribution >= 0.6 is 11.6 Å². The van der Waals surface area contributed by atoms with Gasteiger partial charge in [-0.15, -0.1) is 0 Å². The van der Waals surface area contributed by atoms with Gasteiger partial charge in [-0.25, -0.2) is 9.97 Å². The summed E-state index contributed by atoms with van der Waals surface area (Å²) < 4.78 is 0. The fourth-order valence-corrected chi connectivity index (χ4v) is 1.51. The van der Waals surface area contributed by atoms with Gasteiger partial charge in [-0.2, -0.15) is 0 Å². The molecule has 0 aliphatic carbocycles. The molecule has 0 aliphatic rings. The van der Waals surface area contributed by atoms with Crippen molar-refractivity contribution in [2.75, 3.05) is 0 Å². The van der Waals surface area contributed by atoms with Gasteiger partial charge in [-0.05, 0) is 29.8 Å². The van der Waals surface area contributed by atoms with E-state index in [1.165, 1.54) is 18.2 Å². The first kappa shape index (κ1) is 12.2. The van der Waals surface area contributed by atoms with Crippen LogP contribution < -0.4 is 0 Å². The predicted octanol–water partition coefficient (Wildman–Crippen LogP) is 3.21. The lowest BCUT2D eigenvalue weighted by Gasteiger charge is -1.98. The van der Waals surface area contributed by atoms with Crippen molar-refractivity contribution in [2.45, 2.75) is 0 Å². The molecule has 5 nitrogen and oxygen atoms in total. The maximum Gasteiger partial charge on any atom is 0.270 e. The number of hydrogen-bond donors (Lipinski definition) is 0. The molecule has 0 saturated heterocycles. The summed E-state index contributed by atoms with van der Waals surface area (Å²) in [6.45, 7) is 0. The predicted molar refractivity (Wildman–Crippen MR) is 69.1 cm³/mol. The van der Waals surface area contributed by atoms with Crippen molar-refractivity contribution in [1.29, 1.82) is 0 Å². The fourth-order valence-electron chi connectivity index (χ4n) is 1.33. The summed E-state index contributed by atoms with van der Waals surface area (Å²) in [6.07, 6.45) is 6.51. The van der Waals surface area contributed by atoms with Crippen LogP contribution in [0.5, 0.6) is 0 Å². The van der Waals surface area contributed by atoms with Crippen molar-refractivity contribution in [3.05, 3.63) is 63.2 Å². The Hall–Kier alpha value is -2.27. The molecule has 18 heavy (non-hydrogen) atoms. The molecule has 0 aliphatic heterocycles. The van der Waals surface area contributed by atoms with Crippen LogP contribution in [0.3, 0.4) is 0 Å². The van der Waals surface area contributed by atoms with E-state index in [-0.39, 0.29) is 5.69 Å². The molecular formula is C12H8ClN3O2. The number of aromatic nitrogens is 2. The van der Waals surface area contributed by atoms with E-state index in [2.05, 4.69) is 9.97 Å². The Bertz CT molecular complexity index is 600. The van der Waals surface area contributed by atoms with Gasteiger partial charge in [0.15, 0.2) is 5.82 Å². The molecule has 6 heteroatoms. The van der Waals surface area contributed by atoms with Crippen LogP contribution in [0.4, 0.5) is 5.69 Å². The molecule has 2 rings (SSSR count). The highest BCUT2D eigenvalue weighted by Crippen LogP contribution is 2.23. The number of non-ortho nitro benzene ring substituents is 1. The lowest BCUT2D eigenvalue weighted by Crippen LogP contribution is -1.88. The van der Waals surface area contributed by atoms with Crippen LogP contribution in [-0.4, -0.2) is 14.9 Å². The summed E-state index contributed by atoms with van der Waals surface area (Å²) in [5.74, 6) is 0.514. The van der Waals surface area contributed by atoms with E-state index in [0.29, 0.717) is 16.4 Å². The largest absolute Gasteiger partial charge is 0.270 e. The molecule has 1 aromatic carbocycles. The fraction of sp³-hybridized carbons (Fsp3) is 0. The van der Waals surface area contributed by atoms with Crippen LogP contribution in [-0.2, 0) is 0 Å². The summed E-state index contributed by atoms with van der Waals surface area (Å²) in [6, 6.07) is 5.96. The average Bonchev–Trinajstić information content (AvgIpc) is 2.38. The van der Waals surface area contributed by atoms with Gasteiger partial charge in [0.2, 0.25) is 0 Å². The van der Waals surface area contributed by atoms with E-state index in [4.69, 9.17) is 11.6 Å². The zero-order valence-corrected chi connectivity index (χ0v) is 9.91. The zero-order chi connectivity index (χ0) is 13.0. The smallest absolute Gasteiger partial charge is 0.258 e. The zero-order valence-electron chi connectivity index (χ0n) is 9.15. The highest BCUT2D eigenvalue weighted by Gasteiger charge is 2.07. The van der Waals surface area contributed by atoms with E-state index >= 15 is 0 Å². The lowest BCUT2D eigenvalue weighted by molar-refractivity contribution is -0.384. The van der Waals surface area contributed by atoms with Crippen molar-refractivity contribution in [2.24, 2.45) is 0 Å². The summed E-state index contributed by atoms with van der Waals surface area (Å²) >= 11 is 5.95. The lowest BCUT2D eigenvalue weighted by atomic mass is 10.2. The third-order valence-corrected chi connectivity index (χ3v) is 2.53. The minimum atomic E-state index is -0.466. The van der Waals surface area contributed by atoms with Crippen molar-refractivity contribution < 1.29 is 4.92 Å². The van der Waals surface area contributed by atoms with Gasteiger partial charge in [0.05, 0.1) is 4.92 Å². The standard InChI is InChI=1S/C12H8ClN3O2/c13-11-4-3-10(16(17)18)8-9(11)2-5-12-14-6-1-7-15-12/h1-8H/b5-2+. The minimum Gasteiger partial charge on any atom is -0.258 e. The van der Waals surface area contributed by atoms with Gasteiger partial charge in [0, 0.05) is 29.5 Å². The van der Waals surface area contributed by atoms with Gasteiger partial charge >= 0.3 is 0 Å². The molecule has 0 amide bonds. The van der Waals surface area contributed by atoms with Gasteiger partial charge in [-0.1, -0.05) is 11.6 Å². The van der Waals surface area contributed by atoms with Crippen molar-refractivity contribution in [1.82, 2.24) is 9.97 Å². The van der Waals surface area contributed by atoms with E-state index < -0.39 is 4.92 Å². The summed E-state index contributed by atoms with van der Waals surface area (Å²) in [7, 11) is 0. The molecule has 1 aromatic heterocycles. The average molecular weight is 262 g/mol. The number of nitro benzene ring substituents is 1. The first-order valence-corrected chi connectivity index (χ1v) is 5.43. The number of nitro groups is 1. The van der Waals surface area contributed by atoms with Crippen LogP contribution in [0.25, 0.3) is 12.2 Å². The van der Waals surface area contributed by atoms with Gasteiger partial charge in [0.25, 0.3) is 5.69 Å². The monoisotopic (exact) mass is 261 g/mol. The number of benzene rings is 1. The number of halogens is 1. The second kappa shape index (κ2) is 5.37. The van der Waals surface area contributed by atoms with Crippen molar-refractivity contribution in [3.8, 4) is 0 Å². The van der Waals surface area contributed by atoms with Gasteiger partial charge < -0.3 is 0 Å². The van der Waals surface area contributed by atoms with E-state index in [0.717, 1.165) is 0 Å². The first-order valence-electron chi connectivity index (χ1n) is 5.06. The molecule has 0 spiro atoms. The molecular weight excluding hydrogens is 254 g/mol. The van der Waals surface area contributed by atoms with Crippen LogP contribution in [0, 0.1) is 10.1 Å². The summed E-state index contributed by atoms with van der Waals surface area (Å²) in [5, 5.41) is 11.1. The molecule has 0 radical (unpaired) electrons. The minimum absolute atomic E-state index is 0.00645. The Morgan fingerprint density at radius 1 is 1.22 bits per heavy atom. The maximum atomic E-state index is 10.7. The highest BCUT2D eigenvalue weighted by atomic mass is 35.5. The molecule has 1 heterocycles. The second-order valence-electron chi connectivity index (χ2n) is 3.40. The van der Waals surface area contributed by atoms with E-state index in [1.807, 2.05) is 0 Å². The van der Waals surface area contributed by atoms with Crippen LogP contribution in [0.2, 0.25) is 5.02 Å². The molecule has 2 aromatic rings. The van der Waals surface area contributed by atoms with Crippen molar-refractivity contribution >= 4 is 29.4 Å². The third-order valence-electron chi connectivity index (χ3n) is 2.19. The molecule has 0 atom stereocenters.